The Hall–Kier alpha value is -3.13. The first-order valence-corrected chi connectivity index (χ1v) is 11.7. The molecule has 9 heteroatoms. The van der Waals surface area contributed by atoms with Gasteiger partial charge in [-0.3, -0.25) is 19.8 Å². The second-order valence-corrected chi connectivity index (χ2v) is 10.3. The molecule has 0 aromatic heterocycles. The quantitative estimate of drug-likeness (QED) is 0.394. The van der Waals surface area contributed by atoms with Crippen LogP contribution in [0.5, 0.6) is 0 Å². The maximum Gasteiger partial charge on any atom is 0.411 e. The third-order valence-corrected chi connectivity index (χ3v) is 6.73. The Kier molecular flexibility index (Phi) is 6.06. The lowest BCUT2D eigenvalue weighted by atomic mass is 9.75. The fourth-order valence-corrected chi connectivity index (χ4v) is 5.05. The number of amides is 2. The molecule has 34 heavy (non-hydrogen) atoms. The molecule has 1 spiro atoms. The summed E-state index contributed by atoms with van der Waals surface area (Å²) >= 11 is 6.39. The minimum atomic E-state index is -0.620. The molecule has 0 saturated carbocycles. The van der Waals surface area contributed by atoms with Gasteiger partial charge in [0.2, 0.25) is 0 Å². The third kappa shape index (κ3) is 4.22. The summed E-state index contributed by atoms with van der Waals surface area (Å²) in [6, 6.07) is 9.64. The summed E-state index contributed by atoms with van der Waals surface area (Å²) in [5, 5.41) is 11.6. The summed E-state index contributed by atoms with van der Waals surface area (Å²) in [7, 11) is 0. The van der Waals surface area contributed by atoms with Crippen LogP contribution in [0.4, 0.5) is 16.2 Å². The number of nitro benzene ring substituents is 1. The van der Waals surface area contributed by atoms with Gasteiger partial charge in [0.15, 0.2) is 0 Å². The molecule has 2 aliphatic rings. The number of fused-ring (bicyclic) bond motifs is 2. The highest BCUT2D eigenvalue weighted by Crippen LogP contribution is 2.51. The summed E-state index contributed by atoms with van der Waals surface area (Å²) in [6.45, 7) is 8.22. The van der Waals surface area contributed by atoms with Crippen molar-refractivity contribution in [1.29, 1.82) is 0 Å². The Balaban J connectivity index is 1.74. The lowest BCUT2D eigenvalue weighted by Gasteiger charge is -2.53. The maximum atomic E-state index is 13.6. The predicted octanol–water partition coefficient (Wildman–Crippen LogP) is 5.83. The lowest BCUT2D eigenvalue weighted by molar-refractivity contribution is -0.384. The fourth-order valence-electron chi connectivity index (χ4n) is 4.88. The van der Waals surface area contributed by atoms with E-state index in [-0.39, 0.29) is 17.7 Å². The van der Waals surface area contributed by atoms with Gasteiger partial charge in [-0.2, -0.15) is 0 Å². The Morgan fingerprint density at radius 3 is 2.44 bits per heavy atom. The van der Waals surface area contributed by atoms with Crippen molar-refractivity contribution < 1.29 is 19.2 Å². The Morgan fingerprint density at radius 1 is 1.12 bits per heavy atom. The van der Waals surface area contributed by atoms with E-state index in [1.807, 2.05) is 32.9 Å². The molecule has 2 aromatic rings. The second-order valence-electron chi connectivity index (χ2n) is 9.89. The maximum absolute atomic E-state index is 13.6. The number of hydrogen-bond donors (Lipinski definition) is 0. The molecule has 1 unspecified atom stereocenters. The van der Waals surface area contributed by atoms with Crippen LogP contribution in [-0.4, -0.2) is 40.5 Å². The van der Waals surface area contributed by atoms with Crippen molar-refractivity contribution in [3.8, 4) is 0 Å². The zero-order chi connectivity index (χ0) is 24.8. The molecule has 2 aliphatic heterocycles. The molecular weight excluding hydrogens is 458 g/mol. The van der Waals surface area contributed by atoms with Gasteiger partial charge in [0.25, 0.3) is 11.6 Å². The first kappa shape index (κ1) is 24.0. The normalized spacial score (nSPS) is 19.8. The van der Waals surface area contributed by atoms with Gasteiger partial charge in [0, 0.05) is 47.1 Å². The van der Waals surface area contributed by atoms with Crippen molar-refractivity contribution in [1.82, 2.24) is 4.90 Å². The average molecular weight is 486 g/mol. The number of halogens is 1. The van der Waals surface area contributed by atoms with Gasteiger partial charge in [-0.25, -0.2) is 4.79 Å². The second kappa shape index (κ2) is 8.58. The third-order valence-electron chi connectivity index (χ3n) is 6.50. The number of ether oxygens (including phenoxy) is 1. The number of carbonyl (C=O) groups is 2. The van der Waals surface area contributed by atoms with Crippen molar-refractivity contribution in [2.24, 2.45) is 0 Å². The number of aryl methyl sites for hydroxylation is 1. The van der Waals surface area contributed by atoms with Crippen molar-refractivity contribution in [2.45, 2.75) is 58.1 Å². The summed E-state index contributed by atoms with van der Waals surface area (Å²) in [4.78, 5) is 40.7. The Morgan fingerprint density at radius 2 is 1.85 bits per heavy atom. The number of non-ortho nitro benzene ring substituents is 1. The van der Waals surface area contributed by atoms with Crippen LogP contribution >= 0.6 is 11.6 Å². The number of benzene rings is 2. The molecule has 180 valence electrons. The zero-order valence-electron chi connectivity index (χ0n) is 19.8. The van der Waals surface area contributed by atoms with E-state index in [0.717, 1.165) is 12.0 Å². The molecule has 1 saturated heterocycles. The van der Waals surface area contributed by atoms with Gasteiger partial charge in [-0.15, -0.1) is 0 Å². The Bertz CT molecular complexity index is 1180. The van der Waals surface area contributed by atoms with Crippen LogP contribution in [0, 0.1) is 17.0 Å². The highest BCUT2D eigenvalue weighted by molar-refractivity contribution is 6.30. The van der Waals surface area contributed by atoms with Gasteiger partial charge in [-0.05, 0) is 76.8 Å². The number of rotatable bonds is 2. The van der Waals surface area contributed by atoms with Crippen LogP contribution in [-0.2, 0) is 10.3 Å². The van der Waals surface area contributed by atoms with Gasteiger partial charge in [-0.1, -0.05) is 11.6 Å². The first-order valence-electron chi connectivity index (χ1n) is 11.3. The van der Waals surface area contributed by atoms with Crippen LogP contribution in [0.3, 0.4) is 0 Å². The monoisotopic (exact) mass is 485 g/mol. The van der Waals surface area contributed by atoms with E-state index in [2.05, 4.69) is 0 Å². The van der Waals surface area contributed by atoms with Gasteiger partial charge in [0.05, 0.1) is 10.5 Å². The molecule has 0 aliphatic carbocycles. The summed E-state index contributed by atoms with van der Waals surface area (Å²) in [5.74, 6) is -0.240. The van der Waals surface area contributed by atoms with Crippen LogP contribution in [0.2, 0.25) is 5.02 Å². The molecule has 0 N–H and O–H groups in total. The van der Waals surface area contributed by atoms with Gasteiger partial charge >= 0.3 is 6.09 Å². The summed E-state index contributed by atoms with van der Waals surface area (Å²) in [5.41, 5.74) is 1.18. The number of hydrogen-bond acceptors (Lipinski definition) is 5. The van der Waals surface area contributed by atoms with E-state index < -0.39 is 16.1 Å². The smallest absolute Gasteiger partial charge is 0.411 e. The molecule has 0 radical (unpaired) electrons. The van der Waals surface area contributed by atoms with Crippen LogP contribution in [0.1, 0.15) is 61.5 Å². The molecule has 2 heterocycles. The van der Waals surface area contributed by atoms with Crippen LogP contribution in [0.15, 0.2) is 36.4 Å². The molecular formula is C25H28ClN3O5. The fraction of sp³-hybridized carbons (Fsp3) is 0.440. The topological polar surface area (TPSA) is 93.0 Å². The molecule has 2 amide bonds. The number of nitro groups is 1. The van der Waals surface area contributed by atoms with Crippen molar-refractivity contribution >= 4 is 35.0 Å². The van der Waals surface area contributed by atoms with Gasteiger partial charge in [0.1, 0.15) is 5.60 Å². The van der Waals surface area contributed by atoms with E-state index >= 15 is 0 Å². The number of anilines is 1. The van der Waals surface area contributed by atoms with E-state index in [4.69, 9.17) is 16.3 Å². The van der Waals surface area contributed by atoms with Gasteiger partial charge < -0.3 is 9.64 Å². The molecule has 0 bridgehead atoms. The highest BCUT2D eigenvalue weighted by atomic mass is 35.5. The van der Waals surface area contributed by atoms with E-state index in [1.165, 1.54) is 18.2 Å². The van der Waals surface area contributed by atoms with E-state index in [9.17, 15) is 19.7 Å². The SMILES string of the molecule is Cc1cc([N+](=O)[O-])ccc1C(=O)N1CCCC2(CCN2C(=O)OC(C)(C)C)c2cc(Cl)ccc21. The number of nitrogens with zero attached hydrogens (tertiary/aromatic N) is 3. The van der Waals surface area contributed by atoms with Crippen molar-refractivity contribution in [3.05, 3.63) is 68.2 Å². The van der Waals surface area contributed by atoms with Crippen molar-refractivity contribution in [3.63, 3.8) is 0 Å². The number of carbonyl (C=O) groups excluding carboxylic acids is 2. The standard InChI is InChI=1S/C25H28ClN3O5/c1-16-14-18(29(32)33)7-8-19(16)22(30)27-12-5-10-25(20-15-17(26)6-9-21(20)27)11-13-28(25)23(31)34-24(2,3)4/h6-9,14-15H,5,10-13H2,1-4H3. The molecule has 1 atom stereocenters. The van der Waals surface area contributed by atoms with Crippen molar-refractivity contribution in [2.75, 3.05) is 18.0 Å². The summed E-state index contributed by atoms with van der Waals surface area (Å²) in [6.07, 6.45) is 1.71. The van der Waals surface area contributed by atoms with E-state index in [1.54, 1.807) is 22.8 Å². The lowest BCUT2D eigenvalue weighted by Crippen LogP contribution is -2.60. The number of likely N-dealkylation sites (tertiary alicyclic amines) is 1. The zero-order valence-corrected chi connectivity index (χ0v) is 20.5. The average Bonchev–Trinajstić information content (AvgIpc) is 2.89. The molecule has 2 aromatic carbocycles. The molecule has 1 fully saturated rings. The minimum Gasteiger partial charge on any atom is -0.444 e. The minimum absolute atomic E-state index is 0.0569. The molecule has 8 nitrogen and oxygen atoms in total. The highest BCUT2D eigenvalue weighted by Gasteiger charge is 2.52. The molecule has 4 rings (SSSR count). The van der Waals surface area contributed by atoms with Crippen LogP contribution in [0.25, 0.3) is 0 Å². The van der Waals surface area contributed by atoms with Crippen LogP contribution < -0.4 is 4.90 Å². The Labute approximate surface area is 203 Å². The largest absolute Gasteiger partial charge is 0.444 e. The van der Waals surface area contributed by atoms with E-state index in [0.29, 0.717) is 47.8 Å². The summed E-state index contributed by atoms with van der Waals surface area (Å²) < 4.78 is 5.66. The first-order chi connectivity index (χ1) is 15.9. The predicted molar refractivity (Wildman–Crippen MR) is 129 cm³/mol.